The Bertz CT molecular complexity index is 324. The van der Waals surface area contributed by atoms with Crippen LogP contribution in [0.25, 0.3) is 0 Å². The standard InChI is InChI=1S/C11H15BrN2O/c1-13-14(2)8-7-11(15)9-3-5-10(12)6-4-9/h3-6,13H,7-8H2,1-2H3. The van der Waals surface area contributed by atoms with Crippen LogP contribution >= 0.6 is 15.9 Å². The molecule has 0 unspecified atom stereocenters. The fraction of sp³-hybridized carbons (Fsp3) is 0.364. The molecule has 0 spiro atoms. The average Bonchev–Trinajstić information content (AvgIpc) is 2.26. The van der Waals surface area contributed by atoms with Crippen molar-refractivity contribution in [2.24, 2.45) is 0 Å². The molecule has 0 bridgehead atoms. The summed E-state index contributed by atoms with van der Waals surface area (Å²) in [5.74, 6) is 0.171. The maximum absolute atomic E-state index is 11.7. The number of Topliss-reactive ketones (excluding diaryl/α,β-unsaturated/α-hetero) is 1. The molecule has 3 nitrogen and oxygen atoms in total. The van der Waals surface area contributed by atoms with Gasteiger partial charge in [0.1, 0.15) is 0 Å². The highest BCUT2D eigenvalue weighted by Gasteiger charge is 2.06. The van der Waals surface area contributed by atoms with E-state index in [4.69, 9.17) is 0 Å². The Balaban J connectivity index is 2.50. The minimum absolute atomic E-state index is 0.171. The molecule has 0 amide bonds. The minimum atomic E-state index is 0.171. The van der Waals surface area contributed by atoms with Crippen LogP contribution < -0.4 is 5.43 Å². The van der Waals surface area contributed by atoms with E-state index in [9.17, 15) is 4.79 Å². The number of rotatable bonds is 5. The summed E-state index contributed by atoms with van der Waals surface area (Å²) < 4.78 is 0.992. The van der Waals surface area contributed by atoms with Crippen LogP contribution in [0.15, 0.2) is 28.7 Å². The van der Waals surface area contributed by atoms with Crippen LogP contribution in [0, 0.1) is 0 Å². The van der Waals surface area contributed by atoms with Crippen molar-refractivity contribution in [1.82, 2.24) is 10.4 Å². The molecule has 15 heavy (non-hydrogen) atoms. The van der Waals surface area contributed by atoms with Gasteiger partial charge in [-0.1, -0.05) is 28.1 Å². The van der Waals surface area contributed by atoms with Crippen molar-refractivity contribution in [3.63, 3.8) is 0 Å². The quantitative estimate of drug-likeness (QED) is 0.657. The molecule has 1 rings (SSSR count). The van der Waals surface area contributed by atoms with Gasteiger partial charge in [0.15, 0.2) is 5.78 Å². The molecule has 0 aromatic heterocycles. The fourth-order valence-corrected chi connectivity index (χ4v) is 1.43. The Morgan fingerprint density at radius 1 is 1.40 bits per heavy atom. The predicted octanol–water partition coefficient (Wildman–Crippen LogP) is 2.09. The van der Waals surface area contributed by atoms with E-state index >= 15 is 0 Å². The molecule has 0 radical (unpaired) electrons. The van der Waals surface area contributed by atoms with Crippen LogP contribution in [-0.4, -0.2) is 31.4 Å². The first-order valence-electron chi connectivity index (χ1n) is 4.81. The number of nitrogens with zero attached hydrogens (tertiary/aromatic N) is 1. The van der Waals surface area contributed by atoms with Crippen LogP contribution in [-0.2, 0) is 0 Å². The fourth-order valence-electron chi connectivity index (χ4n) is 1.16. The zero-order valence-corrected chi connectivity index (χ0v) is 10.5. The molecule has 0 saturated heterocycles. The van der Waals surface area contributed by atoms with Gasteiger partial charge in [-0.2, -0.15) is 0 Å². The first-order valence-corrected chi connectivity index (χ1v) is 5.60. The zero-order chi connectivity index (χ0) is 11.3. The van der Waals surface area contributed by atoms with Crippen molar-refractivity contribution in [1.29, 1.82) is 0 Å². The van der Waals surface area contributed by atoms with E-state index in [1.165, 1.54) is 0 Å². The highest BCUT2D eigenvalue weighted by molar-refractivity contribution is 9.10. The van der Waals surface area contributed by atoms with Gasteiger partial charge in [-0.25, -0.2) is 5.01 Å². The third-order valence-corrected chi connectivity index (χ3v) is 2.75. The van der Waals surface area contributed by atoms with Gasteiger partial charge < -0.3 is 0 Å². The van der Waals surface area contributed by atoms with Crippen LogP contribution in [0.1, 0.15) is 16.8 Å². The molecule has 1 aromatic rings. The second-order valence-corrected chi connectivity index (χ2v) is 4.24. The van der Waals surface area contributed by atoms with Gasteiger partial charge in [-0.05, 0) is 19.2 Å². The van der Waals surface area contributed by atoms with Gasteiger partial charge in [0.2, 0.25) is 0 Å². The van der Waals surface area contributed by atoms with Crippen LogP contribution in [0.5, 0.6) is 0 Å². The molecule has 0 saturated carbocycles. The Hall–Kier alpha value is -0.710. The first-order chi connectivity index (χ1) is 7.13. The first kappa shape index (κ1) is 12.4. The number of carbonyl (C=O) groups is 1. The molecule has 1 aromatic carbocycles. The van der Waals surface area contributed by atoms with Crippen molar-refractivity contribution in [3.05, 3.63) is 34.3 Å². The van der Waals surface area contributed by atoms with Gasteiger partial charge in [0.05, 0.1) is 0 Å². The summed E-state index contributed by atoms with van der Waals surface area (Å²) >= 11 is 3.34. The summed E-state index contributed by atoms with van der Waals surface area (Å²) in [7, 11) is 3.75. The lowest BCUT2D eigenvalue weighted by atomic mass is 10.1. The van der Waals surface area contributed by atoms with Gasteiger partial charge in [-0.3, -0.25) is 10.2 Å². The smallest absolute Gasteiger partial charge is 0.164 e. The van der Waals surface area contributed by atoms with Gasteiger partial charge in [0.25, 0.3) is 0 Å². The second-order valence-electron chi connectivity index (χ2n) is 3.33. The molecule has 0 heterocycles. The number of benzene rings is 1. The zero-order valence-electron chi connectivity index (χ0n) is 8.96. The maximum Gasteiger partial charge on any atom is 0.164 e. The largest absolute Gasteiger partial charge is 0.294 e. The van der Waals surface area contributed by atoms with E-state index in [0.717, 1.165) is 10.0 Å². The summed E-state index contributed by atoms with van der Waals surface area (Å²) in [4.78, 5) is 11.7. The Morgan fingerprint density at radius 3 is 2.53 bits per heavy atom. The summed E-state index contributed by atoms with van der Waals surface area (Å²) in [6, 6.07) is 7.45. The Kier molecular flexibility index (Phi) is 4.94. The normalized spacial score (nSPS) is 10.7. The molecule has 0 aliphatic rings. The summed E-state index contributed by atoms with van der Waals surface area (Å²) in [5, 5.41) is 1.89. The van der Waals surface area contributed by atoms with Crippen LogP contribution in [0.3, 0.4) is 0 Å². The maximum atomic E-state index is 11.7. The van der Waals surface area contributed by atoms with Crippen molar-refractivity contribution in [2.45, 2.75) is 6.42 Å². The van der Waals surface area contributed by atoms with Crippen LogP contribution in [0.4, 0.5) is 0 Å². The van der Waals surface area contributed by atoms with Gasteiger partial charge in [0, 0.05) is 30.0 Å². The lowest BCUT2D eigenvalue weighted by Crippen LogP contribution is -2.32. The number of hydrazine groups is 1. The van der Waals surface area contributed by atoms with Crippen molar-refractivity contribution < 1.29 is 4.79 Å². The summed E-state index contributed by atoms with van der Waals surface area (Å²) in [6.45, 7) is 0.714. The highest BCUT2D eigenvalue weighted by Crippen LogP contribution is 2.11. The van der Waals surface area contributed by atoms with E-state index in [2.05, 4.69) is 21.4 Å². The average molecular weight is 271 g/mol. The van der Waals surface area contributed by atoms with E-state index in [-0.39, 0.29) is 5.78 Å². The summed E-state index contributed by atoms with van der Waals surface area (Å²) in [5.41, 5.74) is 3.72. The Morgan fingerprint density at radius 2 is 2.00 bits per heavy atom. The molecule has 82 valence electrons. The van der Waals surface area contributed by atoms with E-state index < -0.39 is 0 Å². The molecular weight excluding hydrogens is 256 g/mol. The molecule has 0 atom stereocenters. The molecule has 0 aliphatic heterocycles. The van der Waals surface area contributed by atoms with Gasteiger partial charge in [-0.15, -0.1) is 0 Å². The summed E-state index contributed by atoms with van der Waals surface area (Å²) in [6.07, 6.45) is 0.527. The van der Waals surface area contributed by atoms with E-state index in [1.807, 2.05) is 43.4 Å². The van der Waals surface area contributed by atoms with Gasteiger partial charge >= 0.3 is 0 Å². The number of nitrogens with one attached hydrogen (secondary N) is 1. The SMILES string of the molecule is CNN(C)CCC(=O)c1ccc(Br)cc1. The molecular formula is C11H15BrN2O. The number of hydrogen-bond donors (Lipinski definition) is 1. The minimum Gasteiger partial charge on any atom is -0.294 e. The molecule has 4 heteroatoms. The topological polar surface area (TPSA) is 32.3 Å². The predicted molar refractivity (Wildman–Crippen MR) is 64.8 cm³/mol. The van der Waals surface area contributed by atoms with E-state index in [1.54, 1.807) is 0 Å². The number of halogens is 1. The number of carbonyl (C=O) groups excluding carboxylic acids is 1. The third kappa shape index (κ3) is 4.11. The molecule has 0 fully saturated rings. The van der Waals surface area contributed by atoms with Crippen molar-refractivity contribution in [2.75, 3.05) is 20.6 Å². The lowest BCUT2D eigenvalue weighted by molar-refractivity contribution is 0.0961. The molecule has 0 aliphatic carbocycles. The van der Waals surface area contributed by atoms with Crippen molar-refractivity contribution >= 4 is 21.7 Å². The monoisotopic (exact) mass is 270 g/mol. The second kappa shape index (κ2) is 6.00. The highest BCUT2D eigenvalue weighted by atomic mass is 79.9. The Labute approximate surface area is 98.6 Å². The number of hydrogen-bond acceptors (Lipinski definition) is 3. The number of ketones is 1. The lowest BCUT2D eigenvalue weighted by Gasteiger charge is -2.13. The third-order valence-electron chi connectivity index (χ3n) is 2.22. The van der Waals surface area contributed by atoms with Crippen molar-refractivity contribution in [3.8, 4) is 0 Å². The van der Waals surface area contributed by atoms with E-state index in [0.29, 0.717) is 13.0 Å². The molecule has 1 N–H and O–H groups in total. The van der Waals surface area contributed by atoms with Crippen LogP contribution in [0.2, 0.25) is 0 Å².